The number of carbonyl (C=O) groups excluding carboxylic acids is 1. The Kier molecular flexibility index (Phi) is 4.93. The first-order valence-electron chi connectivity index (χ1n) is 6.07. The fourth-order valence-corrected chi connectivity index (χ4v) is 2.51. The van der Waals surface area contributed by atoms with Crippen molar-refractivity contribution in [1.82, 2.24) is 14.7 Å². The van der Waals surface area contributed by atoms with Crippen LogP contribution >= 0.6 is 11.3 Å². The minimum absolute atomic E-state index is 0.00472. The summed E-state index contributed by atoms with van der Waals surface area (Å²) in [7, 11) is 1.77. The van der Waals surface area contributed by atoms with Crippen LogP contribution in [0.1, 0.15) is 10.4 Å². The number of rotatable bonds is 4. The predicted molar refractivity (Wildman–Crippen MR) is 77.0 cm³/mol. The van der Waals surface area contributed by atoms with E-state index in [1.54, 1.807) is 46.4 Å². The van der Waals surface area contributed by atoms with Crippen molar-refractivity contribution in [3.8, 4) is 11.8 Å². The van der Waals surface area contributed by atoms with Crippen LogP contribution in [0.5, 0.6) is 0 Å². The van der Waals surface area contributed by atoms with Gasteiger partial charge in [0.25, 0.3) is 0 Å². The van der Waals surface area contributed by atoms with Gasteiger partial charge in [-0.3, -0.25) is 9.48 Å². The Labute approximate surface area is 121 Å². The van der Waals surface area contributed by atoms with Gasteiger partial charge < -0.3 is 10.0 Å². The zero-order valence-corrected chi connectivity index (χ0v) is 11.9. The normalized spacial score (nSPS) is 9.90. The average Bonchev–Trinajstić information content (AvgIpc) is 3.08. The van der Waals surface area contributed by atoms with Crippen molar-refractivity contribution in [1.29, 1.82) is 0 Å². The summed E-state index contributed by atoms with van der Waals surface area (Å²) in [6.07, 6.45) is 3.41. The van der Waals surface area contributed by atoms with Crippen molar-refractivity contribution in [2.75, 3.05) is 13.7 Å². The molecule has 0 aliphatic rings. The molecule has 6 heteroatoms. The molecule has 0 aromatic carbocycles. The van der Waals surface area contributed by atoms with Crippen LogP contribution in [-0.4, -0.2) is 39.3 Å². The number of likely N-dealkylation sites (N-methyl/N-ethyl adjacent to an activating group) is 1. The van der Waals surface area contributed by atoms with Gasteiger partial charge in [-0.05, 0) is 12.1 Å². The van der Waals surface area contributed by atoms with Crippen molar-refractivity contribution in [2.24, 2.45) is 0 Å². The molecule has 0 atom stereocenters. The summed E-state index contributed by atoms with van der Waals surface area (Å²) in [5.74, 6) is 5.45. The molecule has 0 fully saturated rings. The van der Waals surface area contributed by atoms with Gasteiger partial charge in [0, 0.05) is 35.3 Å². The number of hydrogen-bond donors (Lipinski definition) is 1. The molecule has 5 nitrogen and oxygen atoms in total. The van der Waals surface area contributed by atoms with E-state index in [4.69, 9.17) is 5.11 Å². The van der Waals surface area contributed by atoms with Gasteiger partial charge in [0.15, 0.2) is 0 Å². The van der Waals surface area contributed by atoms with Crippen LogP contribution in [0, 0.1) is 11.8 Å². The molecule has 1 amide bonds. The number of aliphatic hydroxyl groups is 1. The summed E-state index contributed by atoms with van der Waals surface area (Å²) < 4.78 is 1.60. The zero-order chi connectivity index (χ0) is 14.4. The van der Waals surface area contributed by atoms with E-state index < -0.39 is 0 Å². The minimum Gasteiger partial charge on any atom is -0.384 e. The summed E-state index contributed by atoms with van der Waals surface area (Å²) >= 11 is 1.55. The fraction of sp³-hybridized carbons (Fsp3) is 0.286. The van der Waals surface area contributed by atoms with Gasteiger partial charge in [-0.15, -0.1) is 11.3 Å². The molecule has 0 unspecified atom stereocenters. The summed E-state index contributed by atoms with van der Waals surface area (Å²) in [5, 5.41) is 14.6. The molecule has 2 heterocycles. The van der Waals surface area contributed by atoms with Crippen molar-refractivity contribution in [3.63, 3.8) is 0 Å². The molecule has 20 heavy (non-hydrogen) atoms. The average molecular weight is 289 g/mol. The highest BCUT2D eigenvalue weighted by molar-refractivity contribution is 7.10. The highest BCUT2D eigenvalue weighted by Gasteiger charge is 2.11. The first-order valence-corrected chi connectivity index (χ1v) is 6.95. The third-order valence-corrected chi connectivity index (χ3v) is 3.56. The second-order valence-electron chi connectivity index (χ2n) is 4.22. The molecule has 0 aliphatic heterocycles. The second-order valence-corrected chi connectivity index (χ2v) is 5.21. The van der Waals surface area contributed by atoms with E-state index in [1.807, 2.05) is 11.4 Å². The lowest BCUT2D eigenvalue weighted by atomic mass is 10.3. The molecule has 0 saturated heterocycles. The lowest BCUT2D eigenvalue weighted by Gasteiger charge is -2.16. The number of aromatic nitrogens is 2. The van der Waals surface area contributed by atoms with Crippen LogP contribution < -0.4 is 0 Å². The van der Waals surface area contributed by atoms with E-state index in [9.17, 15) is 4.79 Å². The second kappa shape index (κ2) is 6.89. The smallest absolute Gasteiger partial charge is 0.244 e. The van der Waals surface area contributed by atoms with Crippen LogP contribution in [-0.2, 0) is 17.9 Å². The molecule has 2 aromatic rings. The molecule has 0 saturated carbocycles. The van der Waals surface area contributed by atoms with Gasteiger partial charge in [0.2, 0.25) is 5.91 Å². The van der Waals surface area contributed by atoms with Crippen molar-refractivity contribution < 1.29 is 9.90 Å². The topological polar surface area (TPSA) is 58.4 Å². The van der Waals surface area contributed by atoms with Gasteiger partial charge in [-0.1, -0.05) is 11.8 Å². The summed E-state index contributed by atoms with van der Waals surface area (Å²) in [5.41, 5.74) is 0.868. The molecular weight excluding hydrogens is 274 g/mol. The molecule has 0 radical (unpaired) electrons. The first kappa shape index (κ1) is 14.3. The third-order valence-electron chi connectivity index (χ3n) is 2.64. The summed E-state index contributed by atoms with van der Waals surface area (Å²) in [6.45, 7) is 0.644. The van der Waals surface area contributed by atoms with Crippen molar-refractivity contribution in [3.05, 3.63) is 40.3 Å². The summed E-state index contributed by atoms with van der Waals surface area (Å²) in [6, 6.07) is 3.73. The maximum Gasteiger partial charge on any atom is 0.244 e. The number of aliphatic hydroxyl groups excluding tert-OH is 1. The standard InChI is InChI=1S/C14H15N3O2S/c1-16(14(19)10-17-6-3-5-15-17)9-13-8-12(11-20-13)4-2-7-18/h3,5-6,8,11,18H,7,9-10H2,1H3. The third kappa shape index (κ3) is 3.95. The van der Waals surface area contributed by atoms with Gasteiger partial charge in [-0.2, -0.15) is 5.10 Å². The zero-order valence-electron chi connectivity index (χ0n) is 11.1. The van der Waals surface area contributed by atoms with E-state index >= 15 is 0 Å². The monoisotopic (exact) mass is 289 g/mol. The van der Waals surface area contributed by atoms with E-state index in [0.717, 1.165) is 10.4 Å². The lowest BCUT2D eigenvalue weighted by molar-refractivity contribution is -0.131. The highest BCUT2D eigenvalue weighted by atomic mass is 32.1. The van der Waals surface area contributed by atoms with Gasteiger partial charge >= 0.3 is 0 Å². The predicted octanol–water partition coefficient (Wildman–Crippen LogP) is 0.947. The molecule has 2 rings (SSSR count). The van der Waals surface area contributed by atoms with Crippen LogP contribution in [0.3, 0.4) is 0 Å². The number of hydrogen-bond acceptors (Lipinski definition) is 4. The molecule has 0 spiro atoms. The number of amides is 1. The van der Waals surface area contributed by atoms with Gasteiger partial charge in [-0.25, -0.2) is 0 Å². The Balaban J connectivity index is 1.92. The largest absolute Gasteiger partial charge is 0.384 e. The Bertz CT molecular complexity index is 622. The van der Waals surface area contributed by atoms with Crippen molar-refractivity contribution >= 4 is 17.2 Å². The van der Waals surface area contributed by atoms with Crippen molar-refractivity contribution in [2.45, 2.75) is 13.1 Å². The van der Waals surface area contributed by atoms with Crippen LogP contribution in [0.15, 0.2) is 29.9 Å². The SMILES string of the molecule is CN(Cc1cc(C#CCO)cs1)C(=O)Cn1cccn1. The first-order chi connectivity index (χ1) is 9.69. The Morgan fingerprint density at radius 2 is 2.45 bits per heavy atom. The molecular formula is C14H15N3O2S. The Morgan fingerprint density at radius 1 is 1.60 bits per heavy atom. The number of nitrogens with zero attached hydrogens (tertiary/aromatic N) is 3. The fourth-order valence-electron chi connectivity index (χ4n) is 1.65. The number of carbonyl (C=O) groups is 1. The lowest BCUT2D eigenvalue weighted by Crippen LogP contribution is -2.29. The van der Waals surface area contributed by atoms with Gasteiger partial charge in [0.05, 0.1) is 6.54 Å². The number of thiophene rings is 1. The molecule has 0 aliphatic carbocycles. The Morgan fingerprint density at radius 3 is 3.15 bits per heavy atom. The van der Waals surface area contributed by atoms with E-state index in [-0.39, 0.29) is 19.1 Å². The van der Waals surface area contributed by atoms with Crippen LogP contribution in [0.4, 0.5) is 0 Å². The molecule has 0 bridgehead atoms. The maximum absolute atomic E-state index is 12.0. The van der Waals surface area contributed by atoms with E-state index in [0.29, 0.717) is 6.54 Å². The minimum atomic E-state index is -0.145. The maximum atomic E-state index is 12.0. The highest BCUT2D eigenvalue weighted by Crippen LogP contribution is 2.15. The van der Waals surface area contributed by atoms with E-state index in [2.05, 4.69) is 16.9 Å². The molecule has 104 valence electrons. The summed E-state index contributed by atoms with van der Waals surface area (Å²) in [4.78, 5) is 14.7. The molecule has 2 aromatic heterocycles. The van der Waals surface area contributed by atoms with Crippen LogP contribution in [0.25, 0.3) is 0 Å². The van der Waals surface area contributed by atoms with E-state index in [1.165, 1.54) is 0 Å². The van der Waals surface area contributed by atoms with Crippen LogP contribution in [0.2, 0.25) is 0 Å². The quantitative estimate of drug-likeness (QED) is 0.853. The Hall–Kier alpha value is -2.10. The molecule has 1 N–H and O–H groups in total. The van der Waals surface area contributed by atoms with Gasteiger partial charge in [0.1, 0.15) is 13.2 Å².